The Bertz CT molecular complexity index is 1180. The van der Waals surface area contributed by atoms with Gasteiger partial charge in [0, 0.05) is 10.6 Å². The number of aryl methyl sites for hydroxylation is 1. The van der Waals surface area contributed by atoms with Crippen LogP contribution in [0.5, 0.6) is 5.75 Å². The highest BCUT2D eigenvalue weighted by atomic mass is 35.5. The predicted molar refractivity (Wildman–Crippen MR) is 122 cm³/mol. The van der Waals surface area contributed by atoms with Gasteiger partial charge < -0.3 is 10.1 Å². The van der Waals surface area contributed by atoms with Crippen LogP contribution in [-0.4, -0.2) is 27.5 Å². The molecule has 2 N–H and O–H groups in total. The first-order valence-corrected chi connectivity index (χ1v) is 11.5. The number of carbonyl (C=O) groups is 1. The van der Waals surface area contributed by atoms with Crippen LogP contribution in [-0.2, 0) is 10.0 Å². The van der Waals surface area contributed by atoms with E-state index in [1.807, 2.05) is 19.1 Å². The Morgan fingerprint density at radius 2 is 1.74 bits per heavy atom. The van der Waals surface area contributed by atoms with Crippen molar-refractivity contribution in [2.24, 2.45) is 0 Å². The van der Waals surface area contributed by atoms with Gasteiger partial charge in [-0.1, -0.05) is 41.9 Å². The lowest BCUT2D eigenvalue weighted by atomic mass is 10.1. The van der Waals surface area contributed by atoms with Gasteiger partial charge in [0.2, 0.25) is 0 Å². The molecule has 3 rings (SSSR count). The molecule has 0 atom stereocenters. The Labute approximate surface area is 187 Å². The van der Waals surface area contributed by atoms with Crippen LogP contribution < -0.4 is 14.8 Å². The quantitative estimate of drug-likeness (QED) is 0.484. The minimum absolute atomic E-state index is 0.151. The van der Waals surface area contributed by atoms with Crippen molar-refractivity contribution in [3.8, 4) is 5.75 Å². The number of ether oxygens (including phenoxy) is 1. The number of halogens is 1. The molecular weight excluding hydrogens is 436 g/mol. The molecule has 0 bridgehead atoms. The van der Waals surface area contributed by atoms with E-state index in [9.17, 15) is 13.2 Å². The largest absolute Gasteiger partial charge is 0.492 e. The second kappa shape index (κ2) is 9.85. The molecular formula is C23H23ClN2O4S. The average molecular weight is 459 g/mol. The van der Waals surface area contributed by atoms with Crippen molar-refractivity contribution in [2.45, 2.75) is 18.7 Å². The van der Waals surface area contributed by atoms with E-state index in [1.165, 1.54) is 12.1 Å². The highest BCUT2D eigenvalue weighted by molar-refractivity contribution is 7.92. The number of hydrogen-bond donors (Lipinski definition) is 2. The van der Waals surface area contributed by atoms with E-state index in [-0.39, 0.29) is 24.0 Å². The lowest BCUT2D eigenvalue weighted by molar-refractivity contribution is 0.0946. The molecule has 0 saturated carbocycles. The zero-order chi connectivity index (χ0) is 22.4. The Balaban J connectivity index is 1.62. The molecule has 3 aromatic rings. The van der Waals surface area contributed by atoms with Crippen LogP contribution in [0.25, 0.3) is 0 Å². The normalized spacial score (nSPS) is 11.1. The summed E-state index contributed by atoms with van der Waals surface area (Å²) in [5.74, 6) is 0.308. The number of amides is 1. The third-order valence-electron chi connectivity index (χ3n) is 4.68. The molecule has 0 heterocycles. The number of carbonyl (C=O) groups excluding carboxylic acids is 1. The number of sulfonamides is 1. The maximum absolute atomic E-state index is 12.6. The van der Waals surface area contributed by atoms with Gasteiger partial charge in [0.25, 0.3) is 15.9 Å². The van der Waals surface area contributed by atoms with Crippen LogP contribution in [0.3, 0.4) is 0 Å². The summed E-state index contributed by atoms with van der Waals surface area (Å²) in [4.78, 5) is 12.7. The Morgan fingerprint density at radius 3 is 2.45 bits per heavy atom. The molecule has 0 saturated heterocycles. The maximum atomic E-state index is 12.6. The van der Waals surface area contributed by atoms with Gasteiger partial charge in [-0.15, -0.1) is 0 Å². The first-order valence-electron chi connectivity index (χ1n) is 9.62. The summed E-state index contributed by atoms with van der Waals surface area (Å²) in [6, 6.07) is 18.4. The molecule has 0 unspecified atom stereocenters. The van der Waals surface area contributed by atoms with E-state index in [0.29, 0.717) is 27.6 Å². The summed E-state index contributed by atoms with van der Waals surface area (Å²) < 4.78 is 33.3. The van der Waals surface area contributed by atoms with Crippen LogP contribution >= 0.6 is 11.6 Å². The fraction of sp³-hybridized carbons (Fsp3) is 0.174. The number of rotatable bonds is 8. The fourth-order valence-corrected chi connectivity index (χ4v) is 4.20. The topological polar surface area (TPSA) is 84.5 Å². The molecule has 0 aliphatic rings. The zero-order valence-corrected chi connectivity index (χ0v) is 18.8. The van der Waals surface area contributed by atoms with E-state index in [1.54, 1.807) is 49.4 Å². The average Bonchev–Trinajstić information content (AvgIpc) is 2.75. The van der Waals surface area contributed by atoms with Gasteiger partial charge in [-0.05, 0) is 61.4 Å². The molecule has 0 fully saturated rings. The molecule has 0 radical (unpaired) electrons. The predicted octanol–water partition coefficient (Wildman–Crippen LogP) is 4.57. The van der Waals surface area contributed by atoms with Gasteiger partial charge in [0.15, 0.2) is 0 Å². The molecule has 6 nitrogen and oxygen atoms in total. The molecule has 0 spiro atoms. The number of anilines is 1. The molecule has 0 aromatic heterocycles. The van der Waals surface area contributed by atoms with E-state index < -0.39 is 10.0 Å². The van der Waals surface area contributed by atoms with Crippen LogP contribution in [0.1, 0.15) is 21.5 Å². The van der Waals surface area contributed by atoms with Crippen molar-refractivity contribution >= 4 is 33.2 Å². The smallest absolute Gasteiger partial charge is 0.261 e. The zero-order valence-electron chi connectivity index (χ0n) is 17.2. The fourth-order valence-electron chi connectivity index (χ4n) is 2.89. The van der Waals surface area contributed by atoms with Gasteiger partial charge in [0.05, 0.1) is 17.1 Å². The van der Waals surface area contributed by atoms with Crippen LogP contribution in [0, 0.1) is 13.8 Å². The van der Waals surface area contributed by atoms with E-state index in [0.717, 1.165) is 5.56 Å². The maximum Gasteiger partial charge on any atom is 0.261 e. The molecule has 1 amide bonds. The summed E-state index contributed by atoms with van der Waals surface area (Å²) in [7, 11) is -3.75. The number of hydrogen-bond acceptors (Lipinski definition) is 4. The molecule has 0 aliphatic carbocycles. The molecule has 0 aliphatic heterocycles. The minimum Gasteiger partial charge on any atom is -0.492 e. The summed E-state index contributed by atoms with van der Waals surface area (Å²) >= 11 is 6.08. The van der Waals surface area contributed by atoms with Crippen molar-refractivity contribution < 1.29 is 17.9 Å². The van der Waals surface area contributed by atoms with Crippen LogP contribution in [0.15, 0.2) is 71.6 Å². The summed E-state index contributed by atoms with van der Waals surface area (Å²) in [6.07, 6.45) is 0. The van der Waals surface area contributed by atoms with Crippen molar-refractivity contribution in [3.63, 3.8) is 0 Å². The molecule has 31 heavy (non-hydrogen) atoms. The van der Waals surface area contributed by atoms with Crippen molar-refractivity contribution in [1.82, 2.24) is 5.32 Å². The van der Waals surface area contributed by atoms with Crippen molar-refractivity contribution in [2.75, 3.05) is 17.9 Å². The second-order valence-corrected chi connectivity index (χ2v) is 9.00. The van der Waals surface area contributed by atoms with Gasteiger partial charge in [-0.25, -0.2) is 8.42 Å². The van der Waals surface area contributed by atoms with Crippen LogP contribution in [0.2, 0.25) is 5.02 Å². The third kappa shape index (κ3) is 5.77. The number of nitrogens with one attached hydrogen (secondary N) is 2. The summed E-state index contributed by atoms with van der Waals surface area (Å²) in [5.41, 5.74) is 2.22. The van der Waals surface area contributed by atoms with Gasteiger partial charge >= 0.3 is 0 Å². The first-order chi connectivity index (χ1) is 14.8. The van der Waals surface area contributed by atoms with Gasteiger partial charge in [-0.3, -0.25) is 9.52 Å². The van der Waals surface area contributed by atoms with E-state index in [2.05, 4.69) is 10.0 Å². The Kier molecular flexibility index (Phi) is 7.20. The molecule has 8 heteroatoms. The highest BCUT2D eigenvalue weighted by Gasteiger charge is 2.17. The highest BCUT2D eigenvalue weighted by Crippen LogP contribution is 2.23. The minimum atomic E-state index is -3.75. The van der Waals surface area contributed by atoms with E-state index in [4.69, 9.17) is 16.3 Å². The second-order valence-electron chi connectivity index (χ2n) is 6.91. The van der Waals surface area contributed by atoms with Crippen molar-refractivity contribution in [1.29, 1.82) is 0 Å². The summed E-state index contributed by atoms with van der Waals surface area (Å²) in [5, 5.41) is 3.40. The van der Waals surface area contributed by atoms with Gasteiger partial charge in [0.1, 0.15) is 12.4 Å². The van der Waals surface area contributed by atoms with Gasteiger partial charge in [-0.2, -0.15) is 0 Å². The molecule has 3 aromatic carbocycles. The lowest BCUT2D eigenvalue weighted by Crippen LogP contribution is -2.29. The number of benzene rings is 3. The van der Waals surface area contributed by atoms with E-state index >= 15 is 0 Å². The van der Waals surface area contributed by atoms with Crippen LogP contribution in [0.4, 0.5) is 5.69 Å². The monoisotopic (exact) mass is 458 g/mol. The Morgan fingerprint density at radius 1 is 1.00 bits per heavy atom. The molecule has 162 valence electrons. The Hall–Kier alpha value is -3.03. The standard InChI is InChI=1S/C23H23ClN2O4S/c1-16-11-12-18(15-21(16)24)30-14-13-25-23(27)20-9-6-10-22(17(20)2)26-31(28,29)19-7-4-3-5-8-19/h3-12,15,26H,13-14H2,1-2H3,(H,25,27). The first kappa shape index (κ1) is 22.7. The van der Waals surface area contributed by atoms with Crippen molar-refractivity contribution in [3.05, 3.63) is 88.4 Å². The SMILES string of the molecule is Cc1ccc(OCCNC(=O)c2cccc(NS(=O)(=O)c3ccccc3)c2C)cc1Cl. The lowest BCUT2D eigenvalue weighted by Gasteiger charge is -2.14. The third-order valence-corrected chi connectivity index (χ3v) is 6.46. The summed E-state index contributed by atoms with van der Waals surface area (Å²) in [6.45, 7) is 4.15.